The van der Waals surface area contributed by atoms with Crippen molar-refractivity contribution in [1.82, 2.24) is 0 Å². The highest BCUT2D eigenvalue weighted by molar-refractivity contribution is 7.80. The monoisotopic (exact) mass is 705 g/mol. The molecule has 0 aromatic heterocycles. The van der Waals surface area contributed by atoms with Crippen molar-refractivity contribution in [2.24, 2.45) is 0 Å². The van der Waals surface area contributed by atoms with E-state index < -0.39 is 16.0 Å². The number of Topliss-reactive ketones (excluding diaryl/α,β-unsaturated/α-hetero) is 2. The quantitative estimate of drug-likeness (QED) is 0.0378. The molecular formula is C40H80O7S. The number of aliphatic hydroxyl groups is 1. The van der Waals surface area contributed by atoms with Crippen LogP contribution in [0.25, 0.3) is 0 Å². The summed E-state index contributed by atoms with van der Waals surface area (Å²) in [5.74, 6) is -0.490. The highest BCUT2D eigenvalue weighted by Gasteiger charge is 2.39. The van der Waals surface area contributed by atoms with Gasteiger partial charge in [-0.1, -0.05) is 201 Å². The third-order valence-corrected chi connectivity index (χ3v) is 10.1. The molecule has 0 heterocycles. The highest BCUT2D eigenvalue weighted by Crippen LogP contribution is 2.22. The van der Waals surface area contributed by atoms with Crippen molar-refractivity contribution in [2.45, 2.75) is 238 Å². The molecule has 0 atom stereocenters. The van der Waals surface area contributed by atoms with Gasteiger partial charge in [0.1, 0.15) is 0 Å². The molecule has 0 aliphatic heterocycles. The van der Waals surface area contributed by atoms with Crippen LogP contribution in [0.4, 0.5) is 0 Å². The van der Waals surface area contributed by atoms with Gasteiger partial charge in [-0.25, -0.2) is 0 Å². The molecule has 288 valence electrons. The van der Waals surface area contributed by atoms with Gasteiger partial charge in [-0.3, -0.25) is 18.3 Å². The summed E-state index contributed by atoms with van der Waals surface area (Å²) in [6.07, 6.45) is 39.6. The predicted molar refractivity (Wildman–Crippen MR) is 203 cm³/mol. The number of unbranched alkanes of at least 4 members (excludes halogenated alkanes) is 28. The van der Waals surface area contributed by atoms with Crippen LogP contribution in [0, 0.1) is 0 Å². The molecule has 48 heavy (non-hydrogen) atoms. The fourth-order valence-electron chi connectivity index (χ4n) is 6.28. The summed E-state index contributed by atoms with van der Waals surface area (Å²) in [5, 5.41) is 10.9. The van der Waals surface area contributed by atoms with Crippen molar-refractivity contribution in [2.75, 3.05) is 7.11 Å². The van der Waals surface area contributed by atoms with Crippen LogP contribution < -0.4 is 0 Å². The van der Waals surface area contributed by atoms with Gasteiger partial charge in [0, 0.05) is 12.8 Å². The van der Waals surface area contributed by atoms with Crippen LogP contribution >= 0.6 is 0 Å². The lowest BCUT2D eigenvalue weighted by Crippen LogP contribution is -2.46. The zero-order valence-electron chi connectivity index (χ0n) is 32.2. The summed E-state index contributed by atoms with van der Waals surface area (Å²) >= 11 is 0. The fraction of sp³-hybridized carbons (Fsp3) is 0.950. The SMILES string of the molecule is CCCCCCCCCCCCCCCCCC(=O)C(O)(CC)C(=O)CCCCCCCCCCCCCCCCC.COS(=O)(=O)O. The Kier molecular flexibility index (Phi) is 36.9. The van der Waals surface area contributed by atoms with E-state index in [1.54, 1.807) is 6.92 Å². The van der Waals surface area contributed by atoms with Crippen LogP contribution in [0.3, 0.4) is 0 Å². The molecule has 0 aromatic carbocycles. The number of hydrogen-bond donors (Lipinski definition) is 2. The smallest absolute Gasteiger partial charge is 0.375 e. The van der Waals surface area contributed by atoms with E-state index >= 15 is 0 Å². The molecule has 0 saturated carbocycles. The minimum Gasteiger partial charge on any atom is -0.375 e. The Morgan fingerprint density at radius 3 is 0.812 bits per heavy atom. The summed E-state index contributed by atoms with van der Waals surface area (Å²) in [4.78, 5) is 25.5. The second-order valence-corrected chi connectivity index (χ2v) is 15.2. The molecule has 0 aliphatic carbocycles. The second kappa shape index (κ2) is 36.0. The number of hydrogen-bond acceptors (Lipinski definition) is 6. The molecule has 0 spiro atoms. The molecule has 0 radical (unpaired) electrons. The maximum Gasteiger partial charge on any atom is 0.397 e. The summed E-state index contributed by atoms with van der Waals surface area (Å²) in [7, 11) is -3.29. The van der Waals surface area contributed by atoms with Gasteiger partial charge in [-0.2, -0.15) is 8.42 Å². The standard InChI is InChI=1S/C39H76O3.CH4O4S/c1-4-7-9-11-13-15-17-19-21-23-25-27-29-31-33-35-37(40)39(42,6-3)38(41)36-34-32-30-28-26-24-22-20-18-16-14-12-10-8-5-2;1-5-6(2,3)4/h42H,4-36H2,1-3H3;1H3,(H,2,3,4). The summed E-state index contributed by atoms with van der Waals surface area (Å²) in [6, 6.07) is 0. The third-order valence-electron chi connectivity index (χ3n) is 9.66. The maximum atomic E-state index is 12.8. The maximum absolute atomic E-state index is 12.8. The molecule has 8 heteroatoms. The van der Waals surface area contributed by atoms with E-state index in [-0.39, 0.29) is 18.0 Å². The molecule has 0 saturated heterocycles. The topological polar surface area (TPSA) is 118 Å². The first-order valence-electron chi connectivity index (χ1n) is 20.4. The number of carbonyl (C=O) groups excluding carboxylic acids is 2. The van der Waals surface area contributed by atoms with E-state index in [1.165, 1.54) is 154 Å². The van der Waals surface area contributed by atoms with Gasteiger partial charge in [0.25, 0.3) is 0 Å². The Morgan fingerprint density at radius 2 is 0.646 bits per heavy atom. The zero-order valence-corrected chi connectivity index (χ0v) is 33.0. The van der Waals surface area contributed by atoms with Gasteiger partial charge in [-0.15, -0.1) is 0 Å². The first kappa shape index (κ1) is 49.3. The molecule has 0 rings (SSSR count). The fourth-order valence-corrected chi connectivity index (χ4v) is 6.28. The van der Waals surface area contributed by atoms with Gasteiger partial charge < -0.3 is 5.11 Å². The molecule has 2 N–H and O–H groups in total. The van der Waals surface area contributed by atoms with Gasteiger partial charge in [0.15, 0.2) is 17.2 Å². The van der Waals surface area contributed by atoms with E-state index in [2.05, 4.69) is 18.0 Å². The van der Waals surface area contributed by atoms with Gasteiger partial charge in [0.05, 0.1) is 7.11 Å². The Labute approximate surface area is 298 Å². The Hall–Kier alpha value is -0.830. The first-order chi connectivity index (χ1) is 23.1. The van der Waals surface area contributed by atoms with E-state index in [0.29, 0.717) is 12.8 Å². The molecule has 0 bridgehead atoms. The lowest BCUT2D eigenvalue weighted by atomic mass is 9.85. The van der Waals surface area contributed by atoms with Crippen LogP contribution in [-0.4, -0.2) is 42.4 Å². The van der Waals surface area contributed by atoms with Crippen LogP contribution in [0.5, 0.6) is 0 Å². The van der Waals surface area contributed by atoms with E-state index in [0.717, 1.165) is 45.6 Å². The van der Waals surface area contributed by atoms with Crippen molar-refractivity contribution in [3.05, 3.63) is 0 Å². The normalized spacial score (nSPS) is 11.8. The summed E-state index contributed by atoms with van der Waals surface area (Å²) in [6.45, 7) is 6.32. The zero-order chi connectivity index (χ0) is 36.2. The number of rotatable bonds is 36. The van der Waals surface area contributed by atoms with E-state index in [1.807, 2.05) is 0 Å². The van der Waals surface area contributed by atoms with Gasteiger partial charge in [-0.05, 0) is 19.3 Å². The average molecular weight is 705 g/mol. The van der Waals surface area contributed by atoms with Crippen molar-refractivity contribution in [3.8, 4) is 0 Å². The molecule has 0 aromatic rings. The minimum absolute atomic E-state index is 0.210. The molecule has 0 aliphatic rings. The molecular weight excluding hydrogens is 625 g/mol. The molecule has 0 amide bonds. The Morgan fingerprint density at radius 1 is 0.458 bits per heavy atom. The van der Waals surface area contributed by atoms with E-state index in [9.17, 15) is 23.1 Å². The van der Waals surface area contributed by atoms with Crippen molar-refractivity contribution in [1.29, 1.82) is 0 Å². The number of ketones is 2. The number of carbonyl (C=O) groups is 2. The highest BCUT2D eigenvalue weighted by atomic mass is 32.3. The second-order valence-electron chi connectivity index (χ2n) is 14.1. The van der Waals surface area contributed by atoms with E-state index in [4.69, 9.17) is 4.55 Å². The average Bonchev–Trinajstić information content (AvgIpc) is 3.07. The van der Waals surface area contributed by atoms with Crippen molar-refractivity contribution >= 4 is 22.0 Å². The van der Waals surface area contributed by atoms with Crippen molar-refractivity contribution in [3.63, 3.8) is 0 Å². The third kappa shape index (κ3) is 33.7. The van der Waals surface area contributed by atoms with Crippen LogP contribution in [-0.2, 0) is 24.2 Å². The first-order valence-corrected chi connectivity index (χ1v) is 21.8. The minimum atomic E-state index is -4.16. The predicted octanol–water partition coefficient (Wildman–Crippen LogP) is 12.2. The van der Waals surface area contributed by atoms with Crippen LogP contribution in [0.15, 0.2) is 0 Å². The lowest BCUT2D eigenvalue weighted by molar-refractivity contribution is -0.151. The molecule has 0 fully saturated rings. The largest absolute Gasteiger partial charge is 0.397 e. The molecule has 7 nitrogen and oxygen atoms in total. The lowest BCUT2D eigenvalue weighted by Gasteiger charge is -2.24. The Bertz CT molecular complexity index is 766. The Balaban J connectivity index is 0. The van der Waals surface area contributed by atoms with Gasteiger partial charge in [0.2, 0.25) is 0 Å². The van der Waals surface area contributed by atoms with Gasteiger partial charge >= 0.3 is 10.4 Å². The summed E-state index contributed by atoms with van der Waals surface area (Å²) < 4.78 is 29.7. The molecule has 0 unspecified atom stereocenters. The van der Waals surface area contributed by atoms with Crippen LogP contribution in [0.1, 0.15) is 233 Å². The van der Waals surface area contributed by atoms with Crippen molar-refractivity contribution < 1.29 is 31.8 Å². The summed E-state index contributed by atoms with van der Waals surface area (Å²) in [5.41, 5.74) is -1.74. The van der Waals surface area contributed by atoms with Crippen LogP contribution in [0.2, 0.25) is 0 Å².